The second kappa shape index (κ2) is 15.5. The molecule has 0 saturated heterocycles. The number of hydrogen-bond donors (Lipinski definition) is 1. The first kappa shape index (κ1) is 28.7. The van der Waals surface area contributed by atoms with Gasteiger partial charge in [-0.05, 0) is 44.0 Å². The minimum atomic E-state index is -2.01. The van der Waals surface area contributed by atoms with Gasteiger partial charge < -0.3 is 14.3 Å². The van der Waals surface area contributed by atoms with Crippen LogP contribution in [0.1, 0.15) is 118 Å². The molecule has 0 amide bonds. The number of aliphatic hydroxyl groups is 1. The van der Waals surface area contributed by atoms with Gasteiger partial charge in [0.15, 0.2) is 14.1 Å². The van der Waals surface area contributed by atoms with Gasteiger partial charge in [-0.2, -0.15) is 0 Å². The van der Waals surface area contributed by atoms with Gasteiger partial charge in [0.2, 0.25) is 0 Å². The van der Waals surface area contributed by atoms with E-state index in [4.69, 9.17) is 9.16 Å². The topological polar surface area (TPSA) is 38.7 Å². The Labute approximate surface area is 183 Å². The van der Waals surface area contributed by atoms with Crippen molar-refractivity contribution in [1.82, 2.24) is 0 Å². The Morgan fingerprint density at radius 1 is 0.759 bits per heavy atom. The molecule has 0 spiro atoms. The molecule has 0 heterocycles. The van der Waals surface area contributed by atoms with Crippen molar-refractivity contribution in [2.75, 3.05) is 6.61 Å². The smallest absolute Gasteiger partial charge is 0.195 e. The lowest BCUT2D eigenvalue weighted by Gasteiger charge is -2.41. The Bertz CT molecular complexity index is 411. The van der Waals surface area contributed by atoms with Crippen LogP contribution in [0.25, 0.3) is 0 Å². The highest BCUT2D eigenvalue weighted by Gasteiger charge is 2.42. The molecule has 0 aromatic heterocycles. The van der Waals surface area contributed by atoms with Gasteiger partial charge >= 0.3 is 0 Å². The van der Waals surface area contributed by atoms with E-state index >= 15 is 0 Å². The fourth-order valence-electron chi connectivity index (χ4n) is 3.17. The molecular weight excluding hydrogens is 376 g/mol. The van der Waals surface area contributed by atoms with Crippen molar-refractivity contribution >= 4 is 8.32 Å². The van der Waals surface area contributed by atoms with Crippen molar-refractivity contribution < 1.29 is 14.3 Å². The molecule has 0 fully saturated rings. The largest absolute Gasteiger partial charge is 0.496 e. The van der Waals surface area contributed by atoms with Crippen LogP contribution >= 0.6 is 0 Å². The first-order chi connectivity index (χ1) is 13.5. The zero-order chi connectivity index (χ0) is 22.2. The van der Waals surface area contributed by atoms with E-state index in [-0.39, 0.29) is 11.6 Å². The monoisotopic (exact) mass is 428 g/mol. The maximum absolute atomic E-state index is 10.5. The van der Waals surface area contributed by atoms with Gasteiger partial charge in [0.25, 0.3) is 0 Å². The first-order valence-electron chi connectivity index (χ1n) is 12.2. The molecular formula is C25H52O3Si. The molecule has 0 aliphatic heterocycles. The third-order valence-corrected chi connectivity index (χ3v) is 10.6. The predicted molar refractivity (Wildman–Crippen MR) is 130 cm³/mol. The summed E-state index contributed by atoms with van der Waals surface area (Å²) in [6, 6.07) is 0. The van der Waals surface area contributed by atoms with E-state index in [0.717, 1.165) is 6.42 Å². The zero-order valence-electron chi connectivity index (χ0n) is 20.8. The van der Waals surface area contributed by atoms with Gasteiger partial charge in [-0.25, -0.2) is 0 Å². The predicted octanol–water partition coefficient (Wildman–Crippen LogP) is 8.34. The zero-order valence-corrected chi connectivity index (χ0v) is 21.8. The summed E-state index contributed by atoms with van der Waals surface area (Å²) in [5.74, 6) is -1.23. The van der Waals surface area contributed by atoms with Crippen LogP contribution in [0.3, 0.4) is 0 Å². The summed E-state index contributed by atoms with van der Waals surface area (Å²) in [6.45, 7) is 15.0. The van der Waals surface area contributed by atoms with E-state index in [0.29, 0.717) is 0 Å². The van der Waals surface area contributed by atoms with Gasteiger partial charge in [0, 0.05) is 0 Å². The normalized spacial score (nSPS) is 15.0. The lowest BCUT2D eigenvalue weighted by atomic mass is 10.0. The highest BCUT2D eigenvalue weighted by molar-refractivity contribution is 6.74. The minimum Gasteiger partial charge on any atom is -0.496 e. The quantitative estimate of drug-likeness (QED) is 0.103. The molecule has 4 heteroatoms. The van der Waals surface area contributed by atoms with Crippen molar-refractivity contribution in [2.24, 2.45) is 0 Å². The van der Waals surface area contributed by atoms with Crippen molar-refractivity contribution in [3.63, 3.8) is 0 Å². The third-order valence-electron chi connectivity index (χ3n) is 6.05. The SMILES string of the molecule is CCCCCCCCCCCCCC/C=C\OCC(C)(O)O[Si](C)(C)C(C)(C)C. The van der Waals surface area contributed by atoms with Crippen molar-refractivity contribution in [3.05, 3.63) is 12.3 Å². The molecule has 0 aromatic carbocycles. The van der Waals surface area contributed by atoms with E-state index in [9.17, 15) is 5.11 Å². The van der Waals surface area contributed by atoms with E-state index in [1.165, 1.54) is 77.0 Å². The molecule has 0 radical (unpaired) electrons. The molecule has 1 unspecified atom stereocenters. The fourth-order valence-corrected chi connectivity index (χ4v) is 4.64. The van der Waals surface area contributed by atoms with Crippen LogP contribution in [0.5, 0.6) is 0 Å². The van der Waals surface area contributed by atoms with Crippen LogP contribution in [0.2, 0.25) is 18.1 Å². The second-order valence-corrected chi connectivity index (χ2v) is 15.1. The second-order valence-electron chi connectivity index (χ2n) is 10.4. The number of ether oxygens (including phenoxy) is 1. The Morgan fingerprint density at radius 3 is 1.66 bits per heavy atom. The molecule has 0 aliphatic carbocycles. The summed E-state index contributed by atoms with van der Waals surface area (Å²) in [4.78, 5) is 0. The summed E-state index contributed by atoms with van der Waals surface area (Å²) < 4.78 is 11.6. The lowest BCUT2D eigenvalue weighted by Crippen LogP contribution is -2.50. The van der Waals surface area contributed by atoms with Crippen LogP contribution in [0, 0.1) is 0 Å². The van der Waals surface area contributed by atoms with E-state index in [1.54, 1.807) is 13.2 Å². The molecule has 1 atom stereocenters. The van der Waals surface area contributed by atoms with Crippen molar-refractivity contribution in [3.8, 4) is 0 Å². The van der Waals surface area contributed by atoms with Crippen LogP contribution in [-0.2, 0) is 9.16 Å². The van der Waals surface area contributed by atoms with Crippen LogP contribution in [-0.4, -0.2) is 25.8 Å². The van der Waals surface area contributed by atoms with Gasteiger partial charge in [-0.15, -0.1) is 0 Å². The number of unbranched alkanes of at least 4 members (excludes halogenated alkanes) is 12. The van der Waals surface area contributed by atoms with Crippen LogP contribution in [0.4, 0.5) is 0 Å². The third kappa shape index (κ3) is 16.1. The van der Waals surface area contributed by atoms with Crippen molar-refractivity contribution in [2.45, 2.75) is 142 Å². The Hall–Kier alpha value is -0.323. The Balaban J connectivity index is 3.61. The molecule has 0 bridgehead atoms. The number of rotatable bonds is 18. The van der Waals surface area contributed by atoms with E-state index in [1.807, 2.05) is 0 Å². The first-order valence-corrected chi connectivity index (χ1v) is 15.1. The maximum atomic E-state index is 10.5. The Morgan fingerprint density at radius 2 is 1.21 bits per heavy atom. The molecule has 0 saturated carbocycles. The summed E-state index contributed by atoms with van der Waals surface area (Å²) >= 11 is 0. The minimum absolute atomic E-state index is 0.0709. The molecule has 174 valence electrons. The van der Waals surface area contributed by atoms with Gasteiger partial charge in [-0.3, -0.25) is 0 Å². The number of hydrogen-bond acceptors (Lipinski definition) is 3. The van der Waals surface area contributed by atoms with Crippen molar-refractivity contribution in [1.29, 1.82) is 0 Å². The number of allylic oxidation sites excluding steroid dienone is 1. The molecule has 0 rings (SSSR count). The summed E-state index contributed by atoms with van der Waals surface area (Å²) in [5, 5.41) is 10.6. The summed E-state index contributed by atoms with van der Waals surface area (Å²) in [5.41, 5.74) is 0. The van der Waals surface area contributed by atoms with Crippen LogP contribution < -0.4 is 0 Å². The average molecular weight is 429 g/mol. The van der Waals surface area contributed by atoms with E-state index < -0.39 is 14.1 Å². The highest BCUT2D eigenvalue weighted by atomic mass is 28.4. The molecule has 29 heavy (non-hydrogen) atoms. The van der Waals surface area contributed by atoms with Crippen LogP contribution in [0.15, 0.2) is 12.3 Å². The maximum Gasteiger partial charge on any atom is 0.195 e. The van der Waals surface area contributed by atoms with Gasteiger partial charge in [0.05, 0.1) is 6.26 Å². The summed E-state index contributed by atoms with van der Waals surface area (Å²) in [7, 11) is -2.01. The molecule has 1 N–H and O–H groups in total. The lowest BCUT2D eigenvalue weighted by molar-refractivity contribution is -0.160. The van der Waals surface area contributed by atoms with E-state index in [2.05, 4.69) is 46.9 Å². The molecule has 3 nitrogen and oxygen atoms in total. The Kier molecular flexibility index (Phi) is 15.3. The highest BCUT2D eigenvalue weighted by Crippen LogP contribution is 2.38. The summed E-state index contributed by atoms with van der Waals surface area (Å²) in [6.07, 6.45) is 21.3. The molecule has 0 aromatic rings. The fraction of sp³-hybridized carbons (Fsp3) is 0.920. The van der Waals surface area contributed by atoms with Gasteiger partial charge in [-0.1, -0.05) is 98.3 Å². The molecule has 0 aliphatic rings. The standard InChI is InChI=1S/C25H52O3Si/c1-8-9-10-11-12-13-14-15-16-17-18-19-20-21-22-27-23-25(5,26)28-29(6,7)24(2,3)4/h21-22,26H,8-20,23H2,1-7H3/b22-21-. The average Bonchev–Trinajstić information content (AvgIpc) is 2.59. The van der Waals surface area contributed by atoms with Gasteiger partial charge in [0.1, 0.15) is 6.61 Å².